The van der Waals surface area contributed by atoms with Gasteiger partial charge in [-0.2, -0.15) is 0 Å². The predicted octanol–water partition coefficient (Wildman–Crippen LogP) is 12.6. The number of para-hydroxylation sites is 1. The van der Waals surface area contributed by atoms with Gasteiger partial charge in [-0.25, -0.2) is 0 Å². The van der Waals surface area contributed by atoms with Gasteiger partial charge in [0.25, 0.3) is 0 Å². The van der Waals surface area contributed by atoms with Crippen molar-refractivity contribution in [2.45, 2.75) is 18.8 Å². The Labute approximate surface area is 298 Å². The average Bonchev–Trinajstić information content (AvgIpc) is 3.71. The number of allylic oxidation sites excluding steroid dienone is 5. The minimum atomic E-state index is 0.293. The second-order valence-electron chi connectivity index (χ2n) is 14.2. The van der Waals surface area contributed by atoms with Crippen LogP contribution in [0.1, 0.15) is 41.0 Å². The van der Waals surface area contributed by atoms with E-state index in [1.165, 1.54) is 83.3 Å². The lowest BCUT2D eigenvalue weighted by atomic mass is 9.72. The fourth-order valence-corrected chi connectivity index (χ4v) is 9.49. The zero-order valence-corrected chi connectivity index (χ0v) is 28.1. The first-order valence-corrected chi connectivity index (χ1v) is 18.1. The summed E-state index contributed by atoms with van der Waals surface area (Å²) in [6, 6.07) is 51.5. The highest BCUT2D eigenvalue weighted by atomic mass is 15.2. The van der Waals surface area contributed by atoms with E-state index >= 15 is 0 Å². The number of hydrogen-bond acceptors (Lipinski definition) is 2. The molecule has 0 aliphatic heterocycles. The average molecular weight is 651 g/mol. The van der Waals surface area contributed by atoms with Crippen LogP contribution in [0.25, 0.3) is 55.3 Å². The van der Waals surface area contributed by atoms with Gasteiger partial charge in [0.1, 0.15) is 0 Å². The second-order valence-corrected chi connectivity index (χ2v) is 14.2. The molecule has 2 heteroatoms. The Balaban J connectivity index is 1.11. The van der Waals surface area contributed by atoms with Crippen LogP contribution >= 0.6 is 0 Å². The van der Waals surface area contributed by atoms with Crippen molar-refractivity contribution in [2.24, 2.45) is 5.92 Å². The zero-order chi connectivity index (χ0) is 33.5. The highest BCUT2D eigenvalue weighted by Crippen LogP contribution is 2.55. The fourth-order valence-electron chi connectivity index (χ4n) is 9.49. The summed E-state index contributed by atoms with van der Waals surface area (Å²) in [5.74, 6) is 0.647. The highest BCUT2D eigenvalue weighted by Gasteiger charge is 2.36. The van der Waals surface area contributed by atoms with Gasteiger partial charge < -0.3 is 4.90 Å². The summed E-state index contributed by atoms with van der Waals surface area (Å²) >= 11 is 0. The monoisotopic (exact) mass is 650 g/mol. The molecule has 0 N–H and O–H groups in total. The maximum Gasteiger partial charge on any atom is 0.0489 e. The lowest BCUT2D eigenvalue weighted by Gasteiger charge is -2.37. The van der Waals surface area contributed by atoms with E-state index in [1.54, 1.807) is 0 Å². The highest BCUT2D eigenvalue weighted by molar-refractivity contribution is 6.18. The van der Waals surface area contributed by atoms with Crippen molar-refractivity contribution >= 4 is 33.3 Å². The first kappa shape index (κ1) is 28.6. The number of nitrogens with zero attached hydrogens (tertiary/aromatic N) is 2. The molecular weight excluding hydrogens is 617 g/mol. The predicted molar refractivity (Wildman–Crippen MR) is 212 cm³/mol. The van der Waals surface area contributed by atoms with Crippen LogP contribution in [0.15, 0.2) is 176 Å². The van der Waals surface area contributed by atoms with Crippen LogP contribution in [0.4, 0.5) is 11.4 Å². The standard InChI is InChI=1S/C49H34N2/c1-2-10-33(11-3-1)51(34-24-26-50-27-25-34)35-29-31(36-20-22-46-40-14-6-4-12-38(40)44-18-8-16-42(36)48(44)46)28-32(30-35)37-21-23-47-41-15-7-5-13-39(41)45-19-9-17-43(37)49(45)47/h1-20,22-29,32,37H,21,30H2. The molecule has 240 valence electrons. The first-order valence-electron chi connectivity index (χ1n) is 18.1. The van der Waals surface area contributed by atoms with Crippen LogP contribution < -0.4 is 4.90 Å². The van der Waals surface area contributed by atoms with Crippen LogP contribution in [-0.2, 0) is 0 Å². The third-order valence-corrected chi connectivity index (χ3v) is 11.6. The topological polar surface area (TPSA) is 16.1 Å². The summed E-state index contributed by atoms with van der Waals surface area (Å²) in [4.78, 5) is 6.84. The third-order valence-electron chi connectivity index (χ3n) is 11.6. The van der Waals surface area contributed by atoms with Crippen molar-refractivity contribution in [3.63, 3.8) is 0 Å². The Morgan fingerprint density at radius 3 is 1.96 bits per heavy atom. The van der Waals surface area contributed by atoms with Gasteiger partial charge in [-0.15, -0.1) is 0 Å². The molecule has 1 aromatic heterocycles. The molecule has 11 rings (SSSR count). The van der Waals surface area contributed by atoms with Crippen molar-refractivity contribution in [1.82, 2.24) is 4.98 Å². The zero-order valence-electron chi connectivity index (χ0n) is 28.1. The molecule has 0 fully saturated rings. The van der Waals surface area contributed by atoms with Gasteiger partial charge in [-0.1, -0.05) is 127 Å². The molecule has 0 saturated carbocycles. The van der Waals surface area contributed by atoms with Crippen molar-refractivity contribution < 1.29 is 0 Å². The number of rotatable bonds is 5. The minimum Gasteiger partial charge on any atom is -0.314 e. The molecule has 6 aromatic carbocycles. The van der Waals surface area contributed by atoms with E-state index in [4.69, 9.17) is 0 Å². The van der Waals surface area contributed by atoms with Gasteiger partial charge in [-0.05, 0) is 133 Å². The summed E-state index contributed by atoms with van der Waals surface area (Å²) in [7, 11) is 0. The minimum absolute atomic E-state index is 0.293. The van der Waals surface area contributed by atoms with E-state index in [0.717, 1.165) is 24.2 Å². The van der Waals surface area contributed by atoms with Gasteiger partial charge in [-0.3, -0.25) is 4.98 Å². The lowest BCUT2D eigenvalue weighted by molar-refractivity contribution is 0.497. The molecule has 2 nitrogen and oxygen atoms in total. The Hall–Kier alpha value is -6.25. The summed E-state index contributed by atoms with van der Waals surface area (Å²) in [5, 5.41) is 2.69. The quantitative estimate of drug-likeness (QED) is 0.184. The van der Waals surface area contributed by atoms with Crippen LogP contribution in [0.2, 0.25) is 0 Å². The molecule has 2 unspecified atom stereocenters. The molecule has 0 amide bonds. The second kappa shape index (κ2) is 11.1. The molecule has 4 aliphatic carbocycles. The molecular formula is C49H34N2. The Morgan fingerprint density at radius 1 is 0.529 bits per heavy atom. The number of aromatic nitrogens is 1. The maximum atomic E-state index is 4.39. The van der Waals surface area contributed by atoms with Crippen molar-refractivity contribution in [2.75, 3.05) is 4.90 Å². The van der Waals surface area contributed by atoms with E-state index in [2.05, 4.69) is 168 Å². The van der Waals surface area contributed by atoms with Crippen molar-refractivity contribution in [1.29, 1.82) is 0 Å². The Morgan fingerprint density at radius 2 is 1.16 bits per heavy atom. The van der Waals surface area contributed by atoms with Gasteiger partial charge in [0.2, 0.25) is 0 Å². The Bertz CT molecular complexity index is 2580. The fraction of sp³-hybridized carbons (Fsp3) is 0.0816. The van der Waals surface area contributed by atoms with Crippen molar-refractivity contribution in [3.8, 4) is 33.4 Å². The number of benzene rings is 6. The summed E-state index contributed by atoms with van der Waals surface area (Å²) in [6.07, 6.45) is 13.4. The van der Waals surface area contributed by atoms with Crippen LogP contribution in [-0.4, -0.2) is 4.98 Å². The lowest BCUT2D eigenvalue weighted by Crippen LogP contribution is -2.24. The van der Waals surface area contributed by atoms with E-state index in [9.17, 15) is 0 Å². The molecule has 51 heavy (non-hydrogen) atoms. The van der Waals surface area contributed by atoms with Gasteiger partial charge in [0.05, 0.1) is 0 Å². The summed E-state index contributed by atoms with van der Waals surface area (Å²) in [6.45, 7) is 0. The number of hydrogen-bond donors (Lipinski definition) is 0. The van der Waals surface area contributed by atoms with E-state index in [0.29, 0.717) is 11.8 Å². The maximum absolute atomic E-state index is 4.39. The molecule has 0 bridgehead atoms. The smallest absolute Gasteiger partial charge is 0.0489 e. The Kier molecular flexibility index (Phi) is 6.24. The normalized spacial score (nSPS) is 17.6. The SMILES string of the molecule is C1=C2c3ccccc3-c3cccc(c32)C(C2C=C(c3ccc4c5c(cccc35)-c3ccccc3-4)C=C(N(c3ccccc3)c3ccncc3)C2)C1. The molecule has 7 aromatic rings. The first-order chi connectivity index (χ1) is 25.3. The molecule has 1 heterocycles. The molecule has 0 radical (unpaired) electrons. The molecule has 2 atom stereocenters. The third kappa shape index (κ3) is 4.26. The number of fused-ring (bicyclic) bond motifs is 6. The van der Waals surface area contributed by atoms with Gasteiger partial charge in [0.15, 0.2) is 0 Å². The van der Waals surface area contributed by atoms with E-state index < -0.39 is 0 Å². The molecule has 4 aliphatic rings. The summed E-state index contributed by atoms with van der Waals surface area (Å²) in [5.41, 5.74) is 20.0. The number of pyridine rings is 1. The van der Waals surface area contributed by atoms with E-state index in [1.807, 2.05) is 12.4 Å². The van der Waals surface area contributed by atoms with Crippen LogP contribution in [0, 0.1) is 5.92 Å². The van der Waals surface area contributed by atoms with Gasteiger partial charge >= 0.3 is 0 Å². The van der Waals surface area contributed by atoms with E-state index in [-0.39, 0.29) is 0 Å². The summed E-state index contributed by atoms with van der Waals surface area (Å²) < 4.78 is 0. The number of anilines is 2. The van der Waals surface area contributed by atoms with Gasteiger partial charge in [0, 0.05) is 29.5 Å². The molecule has 0 spiro atoms. The van der Waals surface area contributed by atoms with Crippen LogP contribution in [0.5, 0.6) is 0 Å². The van der Waals surface area contributed by atoms with Crippen LogP contribution in [0.3, 0.4) is 0 Å². The molecule has 0 saturated heterocycles. The largest absolute Gasteiger partial charge is 0.314 e. The van der Waals surface area contributed by atoms with Crippen molar-refractivity contribution in [3.05, 3.63) is 198 Å².